The molecule has 3 heterocycles. The van der Waals surface area contributed by atoms with Gasteiger partial charge < -0.3 is 30.5 Å². The van der Waals surface area contributed by atoms with Crippen LogP contribution in [0.15, 0.2) is 0 Å². The summed E-state index contributed by atoms with van der Waals surface area (Å²) in [5.41, 5.74) is 0. The van der Waals surface area contributed by atoms with E-state index in [9.17, 15) is 14.4 Å². The lowest BCUT2D eigenvalue weighted by Crippen LogP contribution is -2.42. The Labute approximate surface area is 164 Å². The molecule has 3 aliphatic heterocycles. The summed E-state index contributed by atoms with van der Waals surface area (Å²) in [5, 5.41) is 9.85. The molecule has 3 fully saturated rings. The second-order valence-corrected chi connectivity index (χ2v) is 7.53. The third kappa shape index (κ3) is 6.13. The predicted octanol–water partition coefficient (Wildman–Crippen LogP) is -0.338. The first kappa shape index (κ1) is 21.0. The Morgan fingerprint density at radius 1 is 0.536 bits per heavy atom. The van der Waals surface area contributed by atoms with Crippen LogP contribution in [0.1, 0.15) is 38.5 Å². The highest BCUT2D eigenvalue weighted by Crippen LogP contribution is 2.20. The standard InChI is InChI=1S/C18H30N4O6/c23-16(13-1-7-19-8-2-13)26-22(27-17(24)14-3-9-20-10-4-14)28-18(25)15-5-11-21-12-6-15/h13-15,19-21H,1-12H2. The summed E-state index contributed by atoms with van der Waals surface area (Å²) in [5.74, 6) is -2.63. The summed E-state index contributed by atoms with van der Waals surface area (Å²) >= 11 is 0. The molecule has 0 atom stereocenters. The molecule has 0 unspecified atom stereocenters. The van der Waals surface area contributed by atoms with Crippen molar-refractivity contribution < 1.29 is 28.9 Å². The average molecular weight is 398 g/mol. The number of hydrogen-bond donors (Lipinski definition) is 3. The fourth-order valence-electron chi connectivity index (χ4n) is 3.67. The lowest BCUT2D eigenvalue weighted by Gasteiger charge is -2.27. The lowest BCUT2D eigenvalue weighted by molar-refractivity contribution is -0.467. The molecule has 3 aliphatic rings. The summed E-state index contributed by atoms with van der Waals surface area (Å²) in [6, 6.07) is 0. The number of carbonyl (C=O) groups is 3. The van der Waals surface area contributed by atoms with Crippen LogP contribution in [-0.2, 0) is 28.9 Å². The van der Waals surface area contributed by atoms with Gasteiger partial charge in [0.05, 0.1) is 17.8 Å². The molecule has 3 N–H and O–H groups in total. The fraction of sp³-hybridized carbons (Fsp3) is 0.833. The minimum Gasteiger partial charge on any atom is -0.317 e. The highest BCUT2D eigenvalue weighted by atomic mass is 17.2. The first-order valence-electron chi connectivity index (χ1n) is 10.2. The van der Waals surface area contributed by atoms with E-state index in [1.807, 2.05) is 0 Å². The Morgan fingerprint density at radius 2 is 0.786 bits per heavy atom. The molecule has 0 aromatic heterocycles. The van der Waals surface area contributed by atoms with Gasteiger partial charge in [-0.05, 0) is 77.8 Å². The van der Waals surface area contributed by atoms with Crippen molar-refractivity contribution in [3.63, 3.8) is 0 Å². The van der Waals surface area contributed by atoms with E-state index in [0.717, 1.165) is 0 Å². The van der Waals surface area contributed by atoms with Crippen molar-refractivity contribution in [1.82, 2.24) is 21.3 Å². The Hall–Kier alpha value is -1.75. The fourth-order valence-corrected chi connectivity index (χ4v) is 3.67. The second kappa shape index (κ2) is 10.7. The van der Waals surface area contributed by atoms with Crippen molar-refractivity contribution in [2.45, 2.75) is 38.5 Å². The minimum absolute atomic E-state index is 0.320. The second-order valence-electron chi connectivity index (χ2n) is 7.53. The van der Waals surface area contributed by atoms with Crippen LogP contribution in [0.2, 0.25) is 0 Å². The third-order valence-electron chi connectivity index (χ3n) is 5.51. The Balaban J connectivity index is 1.59. The van der Waals surface area contributed by atoms with Gasteiger partial charge >= 0.3 is 17.9 Å². The number of rotatable bonds is 6. The smallest absolute Gasteiger partial charge is 0.317 e. The van der Waals surface area contributed by atoms with Crippen LogP contribution < -0.4 is 16.0 Å². The van der Waals surface area contributed by atoms with Crippen LogP contribution >= 0.6 is 0 Å². The number of nitrogens with zero attached hydrogens (tertiary/aromatic N) is 1. The summed E-state index contributed by atoms with van der Waals surface area (Å²) in [4.78, 5) is 52.8. The van der Waals surface area contributed by atoms with Crippen molar-refractivity contribution in [2.24, 2.45) is 17.8 Å². The maximum atomic E-state index is 12.4. The van der Waals surface area contributed by atoms with E-state index in [-0.39, 0.29) is 17.8 Å². The van der Waals surface area contributed by atoms with Gasteiger partial charge in [-0.15, -0.1) is 0 Å². The molecule has 28 heavy (non-hydrogen) atoms. The normalized spacial score (nSPS) is 22.6. The summed E-state index contributed by atoms with van der Waals surface area (Å²) in [7, 11) is 0. The van der Waals surface area contributed by atoms with Crippen molar-refractivity contribution in [1.29, 1.82) is 0 Å². The molecule has 0 radical (unpaired) electrons. The molecule has 0 spiro atoms. The van der Waals surface area contributed by atoms with Crippen molar-refractivity contribution in [3.05, 3.63) is 0 Å². The topological polar surface area (TPSA) is 118 Å². The SMILES string of the molecule is O=C(ON(OC(=O)C1CCNCC1)OC(=O)C1CCNCC1)C1CCNCC1. The number of hydrogen-bond acceptors (Lipinski definition) is 10. The van der Waals surface area contributed by atoms with Gasteiger partial charge in [-0.2, -0.15) is 0 Å². The van der Waals surface area contributed by atoms with Gasteiger partial charge in [-0.25, -0.2) is 14.4 Å². The quantitative estimate of drug-likeness (QED) is 0.513. The zero-order valence-corrected chi connectivity index (χ0v) is 16.1. The molecule has 0 aromatic carbocycles. The van der Waals surface area contributed by atoms with Gasteiger partial charge in [0.1, 0.15) is 0 Å². The van der Waals surface area contributed by atoms with Crippen LogP contribution in [0, 0.1) is 17.8 Å². The molecule has 10 nitrogen and oxygen atoms in total. The molecule has 0 aliphatic carbocycles. The predicted molar refractivity (Wildman–Crippen MR) is 96.9 cm³/mol. The number of piperidine rings is 3. The first-order chi connectivity index (χ1) is 13.6. The van der Waals surface area contributed by atoms with Gasteiger partial charge in [0.15, 0.2) is 0 Å². The zero-order valence-electron chi connectivity index (χ0n) is 16.1. The summed E-state index contributed by atoms with van der Waals surface area (Å²) in [6.07, 6.45) is 3.73. The Kier molecular flexibility index (Phi) is 8.01. The van der Waals surface area contributed by atoms with Crippen molar-refractivity contribution >= 4 is 17.9 Å². The van der Waals surface area contributed by atoms with Gasteiger partial charge in [0, 0.05) is 0 Å². The van der Waals surface area contributed by atoms with E-state index in [0.29, 0.717) is 83.2 Å². The monoisotopic (exact) mass is 398 g/mol. The molecule has 3 saturated heterocycles. The molecule has 0 amide bonds. The molecule has 158 valence electrons. The lowest BCUT2D eigenvalue weighted by atomic mass is 9.99. The van der Waals surface area contributed by atoms with Crippen LogP contribution in [0.3, 0.4) is 0 Å². The van der Waals surface area contributed by atoms with Crippen molar-refractivity contribution in [3.8, 4) is 0 Å². The van der Waals surface area contributed by atoms with E-state index >= 15 is 0 Å². The Morgan fingerprint density at radius 3 is 1.04 bits per heavy atom. The summed E-state index contributed by atoms with van der Waals surface area (Å²) in [6.45, 7) is 4.27. The van der Waals surface area contributed by atoms with Crippen LogP contribution in [-0.4, -0.2) is 62.6 Å². The maximum Gasteiger partial charge on any atom is 0.335 e. The molecule has 0 bridgehead atoms. The van der Waals surface area contributed by atoms with Crippen LogP contribution in [0.4, 0.5) is 0 Å². The molecule has 3 rings (SSSR count). The van der Waals surface area contributed by atoms with E-state index in [1.54, 1.807) is 0 Å². The highest BCUT2D eigenvalue weighted by Gasteiger charge is 2.33. The average Bonchev–Trinajstić information content (AvgIpc) is 2.75. The van der Waals surface area contributed by atoms with Gasteiger partial charge in [0.2, 0.25) is 5.39 Å². The summed E-state index contributed by atoms with van der Waals surface area (Å²) < 4.78 is 0. The van der Waals surface area contributed by atoms with E-state index in [4.69, 9.17) is 14.5 Å². The maximum absolute atomic E-state index is 12.4. The number of nitrogens with one attached hydrogen (secondary N) is 3. The molecular weight excluding hydrogens is 368 g/mol. The highest BCUT2D eigenvalue weighted by molar-refractivity contribution is 5.75. The molecule has 0 aromatic rings. The van der Waals surface area contributed by atoms with Gasteiger partial charge in [0.25, 0.3) is 0 Å². The molecule has 10 heteroatoms. The van der Waals surface area contributed by atoms with Gasteiger partial charge in [-0.1, -0.05) is 0 Å². The van der Waals surface area contributed by atoms with Gasteiger partial charge in [-0.3, -0.25) is 0 Å². The minimum atomic E-state index is -0.558. The first-order valence-corrected chi connectivity index (χ1v) is 10.2. The Bertz CT molecular complexity index is 466. The van der Waals surface area contributed by atoms with Crippen molar-refractivity contribution in [2.75, 3.05) is 39.3 Å². The van der Waals surface area contributed by atoms with E-state index in [1.165, 1.54) is 0 Å². The largest absolute Gasteiger partial charge is 0.335 e. The van der Waals surface area contributed by atoms with Crippen LogP contribution in [0.5, 0.6) is 0 Å². The number of carbonyl (C=O) groups excluding carboxylic acids is 3. The zero-order chi connectivity index (χ0) is 19.8. The van der Waals surface area contributed by atoms with E-state index < -0.39 is 17.9 Å². The van der Waals surface area contributed by atoms with E-state index in [2.05, 4.69) is 16.0 Å². The third-order valence-corrected chi connectivity index (χ3v) is 5.51. The van der Waals surface area contributed by atoms with Crippen LogP contribution in [0.25, 0.3) is 0 Å². The molecular formula is C18H30N4O6. The molecule has 0 saturated carbocycles.